The van der Waals surface area contributed by atoms with E-state index in [1.165, 1.54) is 6.08 Å². The van der Waals surface area contributed by atoms with Gasteiger partial charge in [-0.25, -0.2) is 21.2 Å². The SMILES string of the molecule is C=CCN(CCC)S(=O)(=O)c1cc(S(C)(=O)=O)ccc1F. The lowest BCUT2D eigenvalue weighted by atomic mass is 10.3. The van der Waals surface area contributed by atoms with E-state index in [1.807, 2.05) is 0 Å². The lowest BCUT2D eigenvalue weighted by Crippen LogP contribution is -2.32. The summed E-state index contributed by atoms with van der Waals surface area (Å²) in [4.78, 5) is -0.877. The third-order valence-electron chi connectivity index (χ3n) is 2.75. The molecule has 0 aromatic heterocycles. The van der Waals surface area contributed by atoms with Gasteiger partial charge in [-0.15, -0.1) is 6.58 Å². The Morgan fingerprint density at radius 2 is 1.90 bits per heavy atom. The molecule has 21 heavy (non-hydrogen) atoms. The zero-order valence-electron chi connectivity index (χ0n) is 11.9. The predicted octanol–water partition coefficient (Wildman–Crippen LogP) is 1.82. The molecular weight excluding hydrogens is 317 g/mol. The maximum atomic E-state index is 13.9. The van der Waals surface area contributed by atoms with Gasteiger partial charge in [0.2, 0.25) is 10.0 Å². The van der Waals surface area contributed by atoms with Gasteiger partial charge in [-0.3, -0.25) is 0 Å². The summed E-state index contributed by atoms with van der Waals surface area (Å²) in [6.45, 7) is 5.48. The van der Waals surface area contributed by atoms with Crippen LogP contribution in [0.2, 0.25) is 0 Å². The van der Waals surface area contributed by atoms with E-state index in [-0.39, 0.29) is 18.0 Å². The molecule has 0 aliphatic carbocycles. The molecule has 1 rings (SSSR count). The number of halogens is 1. The van der Waals surface area contributed by atoms with Crippen molar-refractivity contribution in [3.63, 3.8) is 0 Å². The number of benzene rings is 1. The minimum atomic E-state index is -4.12. The first-order valence-electron chi connectivity index (χ1n) is 6.25. The van der Waals surface area contributed by atoms with E-state index in [9.17, 15) is 21.2 Å². The Morgan fingerprint density at radius 3 is 2.38 bits per heavy atom. The number of hydrogen-bond donors (Lipinski definition) is 0. The van der Waals surface area contributed by atoms with Crippen LogP contribution in [-0.2, 0) is 19.9 Å². The molecule has 0 saturated heterocycles. The average molecular weight is 335 g/mol. The summed E-state index contributed by atoms with van der Waals surface area (Å²) in [7, 11) is -7.74. The van der Waals surface area contributed by atoms with E-state index in [0.29, 0.717) is 6.42 Å². The standard InChI is InChI=1S/C13H18FNO4S2/c1-4-8-15(9-5-2)21(18,19)13-10-11(20(3,16)17)6-7-12(13)14/h4,6-7,10H,1,5,8-9H2,2-3H3. The molecule has 0 radical (unpaired) electrons. The first-order valence-corrected chi connectivity index (χ1v) is 9.58. The number of rotatable bonds is 7. The zero-order valence-corrected chi connectivity index (χ0v) is 13.5. The summed E-state index contributed by atoms with van der Waals surface area (Å²) >= 11 is 0. The quantitative estimate of drug-likeness (QED) is 0.563. The highest BCUT2D eigenvalue weighted by molar-refractivity contribution is 7.91. The van der Waals surface area contributed by atoms with Gasteiger partial charge in [0, 0.05) is 19.3 Å². The molecule has 0 saturated carbocycles. The molecule has 8 heteroatoms. The van der Waals surface area contributed by atoms with Crippen molar-refractivity contribution in [3.05, 3.63) is 36.7 Å². The summed E-state index contributed by atoms with van der Waals surface area (Å²) in [5.74, 6) is -0.979. The first kappa shape index (κ1) is 17.8. The molecular formula is C13H18FNO4S2. The lowest BCUT2D eigenvalue weighted by Gasteiger charge is -2.20. The van der Waals surface area contributed by atoms with E-state index in [2.05, 4.69) is 6.58 Å². The van der Waals surface area contributed by atoms with Crippen LogP contribution in [0.1, 0.15) is 13.3 Å². The van der Waals surface area contributed by atoms with Crippen molar-refractivity contribution in [3.8, 4) is 0 Å². The third-order valence-corrected chi connectivity index (χ3v) is 5.74. The summed E-state index contributed by atoms with van der Waals surface area (Å²) < 4.78 is 62.8. The zero-order chi connectivity index (χ0) is 16.3. The van der Waals surface area contributed by atoms with Crippen molar-refractivity contribution >= 4 is 19.9 Å². The Bertz CT molecular complexity index is 727. The maximum absolute atomic E-state index is 13.9. The Morgan fingerprint density at radius 1 is 1.29 bits per heavy atom. The fraction of sp³-hybridized carbons (Fsp3) is 0.385. The van der Waals surface area contributed by atoms with Crippen molar-refractivity contribution < 1.29 is 21.2 Å². The molecule has 118 valence electrons. The van der Waals surface area contributed by atoms with Gasteiger partial charge in [0.25, 0.3) is 0 Å². The van der Waals surface area contributed by atoms with Crippen molar-refractivity contribution in [2.45, 2.75) is 23.1 Å². The van der Waals surface area contributed by atoms with E-state index in [1.54, 1.807) is 6.92 Å². The molecule has 0 spiro atoms. The molecule has 0 N–H and O–H groups in total. The van der Waals surface area contributed by atoms with Crippen molar-refractivity contribution in [2.75, 3.05) is 19.3 Å². The third kappa shape index (κ3) is 4.12. The molecule has 0 amide bonds. The maximum Gasteiger partial charge on any atom is 0.246 e. The molecule has 0 atom stereocenters. The Labute approximate surface area is 125 Å². The van der Waals surface area contributed by atoms with Crippen molar-refractivity contribution in [1.29, 1.82) is 0 Å². The highest BCUT2D eigenvalue weighted by Crippen LogP contribution is 2.23. The highest BCUT2D eigenvalue weighted by Gasteiger charge is 2.27. The van der Waals surface area contributed by atoms with Crippen molar-refractivity contribution in [2.24, 2.45) is 0 Å². The molecule has 0 heterocycles. The minimum Gasteiger partial charge on any atom is -0.224 e. The average Bonchev–Trinajstić information content (AvgIpc) is 2.37. The van der Waals surface area contributed by atoms with Crippen LogP contribution < -0.4 is 0 Å². The van der Waals surface area contributed by atoms with Crippen LogP contribution >= 0.6 is 0 Å². The van der Waals surface area contributed by atoms with Gasteiger partial charge in [-0.2, -0.15) is 4.31 Å². The van der Waals surface area contributed by atoms with Crippen LogP contribution in [0, 0.1) is 5.82 Å². The van der Waals surface area contributed by atoms with E-state index >= 15 is 0 Å². The fourth-order valence-electron chi connectivity index (χ4n) is 1.75. The molecule has 1 aromatic rings. The second kappa shape index (κ2) is 6.67. The van der Waals surface area contributed by atoms with Crippen LogP contribution in [-0.4, -0.2) is 40.5 Å². The Kier molecular flexibility index (Phi) is 5.66. The minimum absolute atomic E-state index is 0.0265. The van der Waals surface area contributed by atoms with Crippen LogP contribution in [0.3, 0.4) is 0 Å². The number of sulfonamides is 1. The monoisotopic (exact) mass is 335 g/mol. The largest absolute Gasteiger partial charge is 0.246 e. The van der Waals surface area contributed by atoms with Gasteiger partial charge in [0.1, 0.15) is 10.7 Å². The summed E-state index contributed by atoms with van der Waals surface area (Å²) in [5.41, 5.74) is 0. The Balaban J connectivity index is 3.45. The van der Waals surface area contributed by atoms with E-state index in [4.69, 9.17) is 0 Å². The van der Waals surface area contributed by atoms with Crippen molar-refractivity contribution in [1.82, 2.24) is 4.31 Å². The summed E-state index contributed by atoms with van der Waals surface area (Å²) in [6.07, 6.45) is 2.87. The second-order valence-corrected chi connectivity index (χ2v) is 8.44. The Hall–Kier alpha value is -1.25. The molecule has 0 bridgehead atoms. The predicted molar refractivity (Wildman–Crippen MR) is 78.8 cm³/mol. The molecule has 0 fully saturated rings. The molecule has 0 aliphatic heterocycles. The van der Waals surface area contributed by atoms with Crippen LogP contribution in [0.15, 0.2) is 40.6 Å². The van der Waals surface area contributed by atoms with Gasteiger partial charge < -0.3 is 0 Å². The van der Waals surface area contributed by atoms with Gasteiger partial charge in [-0.1, -0.05) is 13.0 Å². The van der Waals surface area contributed by atoms with Gasteiger partial charge in [0.05, 0.1) is 4.90 Å². The van der Waals surface area contributed by atoms with Crippen LogP contribution in [0.4, 0.5) is 4.39 Å². The molecule has 5 nitrogen and oxygen atoms in total. The topological polar surface area (TPSA) is 71.5 Å². The van der Waals surface area contributed by atoms with E-state index in [0.717, 1.165) is 28.8 Å². The van der Waals surface area contributed by atoms with Gasteiger partial charge >= 0.3 is 0 Å². The number of nitrogens with zero attached hydrogens (tertiary/aromatic N) is 1. The summed E-state index contributed by atoms with van der Waals surface area (Å²) in [6, 6.07) is 2.74. The fourth-order valence-corrected chi connectivity index (χ4v) is 4.07. The summed E-state index contributed by atoms with van der Waals surface area (Å²) in [5, 5.41) is 0. The lowest BCUT2D eigenvalue weighted by molar-refractivity contribution is 0.436. The number of sulfone groups is 1. The molecule has 0 aliphatic rings. The van der Waals surface area contributed by atoms with E-state index < -0.39 is 30.6 Å². The normalized spacial score (nSPS) is 12.6. The number of hydrogen-bond acceptors (Lipinski definition) is 4. The van der Waals surface area contributed by atoms with Gasteiger partial charge in [0.15, 0.2) is 9.84 Å². The molecule has 0 unspecified atom stereocenters. The molecule has 1 aromatic carbocycles. The first-order chi connectivity index (χ1) is 9.64. The van der Waals surface area contributed by atoms with Crippen LogP contribution in [0.5, 0.6) is 0 Å². The smallest absolute Gasteiger partial charge is 0.224 e. The van der Waals surface area contributed by atoms with Gasteiger partial charge in [-0.05, 0) is 24.6 Å². The highest BCUT2D eigenvalue weighted by atomic mass is 32.2. The second-order valence-electron chi connectivity index (χ2n) is 4.52. The van der Waals surface area contributed by atoms with Crippen LogP contribution in [0.25, 0.3) is 0 Å².